The largest absolute Gasteiger partial charge is 0.494 e. The standard InChI is InChI=1S/C17H22FNO4/c1-23-15-6-4-13(9-14(15)18)10-16(20)19-8-2-3-12(11-19)5-7-17(21)22/h4,6,9,12H,2-3,5,7-8,10-11H2,1H3,(H,21,22)/t12-/m0/s1. The van der Waals surface area contributed by atoms with Gasteiger partial charge in [0.05, 0.1) is 13.5 Å². The summed E-state index contributed by atoms with van der Waals surface area (Å²) in [5, 5.41) is 8.76. The normalized spacial score (nSPS) is 17.8. The number of likely N-dealkylation sites (tertiary alicyclic amines) is 1. The first-order valence-corrected chi connectivity index (χ1v) is 7.81. The smallest absolute Gasteiger partial charge is 0.303 e. The highest BCUT2D eigenvalue weighted by molar-refractivity contribution is 5.79. The lowest BCUT2D eigenvalue weighted by molar-refractivity contribution is -0.137. The van der Waals surface area contributed by atoms with E-state index in [2.05, 4.69) is 0 Å². The molecule has 6 heteroatoms. The van der Waals surface area contributed by atoms with Crippen LogP contribution in [0.1, 0.15) is 31.2 Å². The van der Waals surface area contributed by atoms with Crippen LogP contribution in [0.3, 0.4) is 0 Å². The van der Waals surface area contributed by atoms with Gasteiger partial charge in [-0.1, -0.05) is 6.07 Å². The average Bonchev–Trinajstić information content (AvgIpc) is 2.53. The molecule has 0 spiro atoms. The Morgan fingerprint density at radius 2 is 2.22 bits per heavy atom. The summed E-state index contributed by atoms with van der Waals surface area (Å²) in [6.07, 6.45) is 2.71. The van der Waals surface area contributed by atoms with Gasteiger partial charge in [0.1, 0.15) is 0 Å². The van der Waals surface area contributed by atoms with Crippen LogP contribution in [0.25, 0.3) is 0 Å². The second-order valence-electron chi connectivity index (χ2n) is 5.93. The molecule has 1 aliphatic rings. The minimum Gasteiger partial charge on any atom is -0.494 e. The Morgan fingerprint density at radius 3 is 2.87 bits per heavy atom. The predicted molar refractivity (Wildman–Crippen MR) is 82.8 cm³/mol. The van der Waals surface area contributed by atoms with Crippen LogP contribution in [0, 0.1) is 11.7 Å². The van der Waals surface area contributed by atoms with E-state index in [-0.39, 0.29) is 30.4 Å². The molecular weight excluding hydrogens is 301 g/mol. The molecule has 0 bridgehead atoms. The van der Waals surface area contributed by atoms with Crippen LogP contribution in [-0.2, 0) is 16.0 Å². The molecule has 1 aromatic rings. The molecule has 1 aliphatic heterocycles. The molecule has 5 nitrogen and oxygen atoms in total. The van der Waals surface area contributed by atoms with Crippen LogP contribution in [0.5, 0.6) is 5.75 Å². The Morgan fingerprint density at radius 1 is 1.43 bits per heavy atom. The third-order valence-electron chi connectivity index (χ3n) is 4.21. The maximum atomic E-state index is 13.7. The van der Waals surface area contributed by atoms with Crippen LogP contribution in [0.15, 0.2) is 18.2 Å². The number of hydrogen-bond donors (Lipinski definition) is 1. The Labute approximate surface area is 135 Å². The van der Waals surface area contributed by atoms with Crippen LogP contribution < -0.4 is 4.74 Å². The average molecular weight is 323 g/mol. The Bertz CT molecular complexity index is 576. The van der Waals surface area contributed by atoms with Gasteiger partial charge in [0, 0.05) is 19.5 Å². The molecule has 1 saturated heterocycles. The second kappa shape index (κ2) is 7.94. The highest BCUT2D eigenvalue weighted by Crippen LogP contribution is 2.23. The number of carboxylic acids is 1. The fourth-order valence-corrected chi connectivity index (χ4v) is 2.96. The molecule has 0 radical (unpaired) electrons. The van der Waals surface area contributed by atoms with Crippen molar-refractivity contribution < 1.29 is 23.8 Å². The minimum atomic E-state index is -0.804. The molecule has 23 heavy (non-hydrogen) atoms. The van der Waals surface area contributed by atoms with Gasteiger partial charge < -0.3 is 14.7 Å². The summed E-state index contributed by atoms with van der Waals surface area (Å²) in [5.41, 5.74) is 0.612. The number of aliphatic carboxylic acids is 1. The lowest BCUT2D eigenvalue weighted by atomic mass is 9.93. The molecule has 0 unspecified atom stereocenters. The first-order valence-electron chi connectivity index (χ1n) is 7.81. The Balaban J connectivity index is 1.92. The van der Waals surface area contributed by atoms with E-state index < -0.39 is 11.8 Å². The highest BCUT2D eigenvalue weighted by atomic mass is 19.1. The number of hydrogen-bond acceptors (Lipinski definition) is 3. The van der Waals surface area contributed by atoms with Gasteiger partial charge >= 0.3 is 5.97 Å². The van der Waals surface area contributed by atoms with Crippen molar-refractivity contribution in [2.45, 2.75) is 32.1 Å². The van der Waals surface area contributed by atoms with E-state index in [0.29, 0.717) is 25.1 Å². The van der Waals surface area contributed by atoms with Crippen LogP contribution in [-0.4, -0.2) is 42.1 Å². The number of carboxylic acid groups (broad SMARTS) is 1. The van der Waals surface area contributed by atoms with Crippen molar-refractivity contribution in [2.24, 2.45) is 5.92 Å². The lowest BCUT2D eigenvalue weighted by Gasteiger charge is -2.32. The van der Waals surface area contributed by atoms with Crippen molar-refractivity contribution in [3.63, 3.8) is 0 Å². The molecule has 1 amide bonds. The minimum absolute atomic E-state index is 0.0467. The van der Waals surface area contributed by atoms with Crippen molar-refractivity contribution in [1.29, 1.82) is 0 Å². The molecule has 0 aliphatic carbocycles. The second-order valence-corrected chi connectivity index (χ2v) is 5.93. The van der Waals surface area contributed by atoms with Gasteiger partial charge in [0.25, 0.3) is 0 Å². The zero-order chi connectivity index (χ0) is 16.8. The van der Waals surface area contributed by atoms with Crippen LogP contribution >= 0.6 is 0 Å². The van der Waals surface area contributed by atoms with Crippen LogP contribution in [0.2, 0.25) is 0 Å². The first-order chi connectivity index (χ1) is 11.0. The third-order valence-corrected chi connectivity index (χ3v) is 4.21. The quantitative estimate of drug-likeness (QED) is 0.873. The highest BCUT2D eigenvalue weighted by Gasteiger charge is 2.24. The van der Waals surface area contributed by atoms with Gasteiger partial charge in [-0.15, -0.1) is 0 Å². The third kappa shape index (κ3) is 4.94. The zero-order valence-corrected chi connectivity index (χ0v) is 13.3. The van der Waals surface area contributed by atoms with E-state index in [9.17, 15) is 14.0 Å². The summed E-state index contributed by atoms with van der Waals surface area (Å²) in [6, 6.07) is 4.53. The molecule has 126 valence electrons. The van der Waals surface area contributed by atoms with Crippen molar-refractivity contribution in [3.8, 4) is 5.75 Å². The molecule has 1 heterocycles. The van der Waals surface area contributed by atoms with Crippen molar-refractivity contribution in [2.75, 3.05) is 20.2 Å². The van der Waals surface area contributed by atoms with E-state index in [1.807, 2.05) is 0 Å². The van der Waals surface area contributed by atoms with Gasteiger partial charge in [-0.2, -0.15) is 0 Å². The van der Waals surface area contributed by atoms with Gasteiger partial charge in [-0.25, -0.2) is 4.39 Å². The number of ether oxygens (including phenoxy) is 1. The van der Waals surface area contributed by atoms with Crippen molar-refractivity contribution in [1.82, 2.24) is 4.90 Å². The molecule has 1 fully saturated rings. The number of rotatable bonds is 6. The number of piperidine rings is 1. The summed E-state index contributed by atoms with van der Waals surface area (Å²) >= 11 is 0. The fraction of sp³-hybridized carbons (Fsp3) is 0.529. The topological polar surface area (TPSA) is 66.8 Å². The van der Waals surface area contributed by atoms with Crippen molar-refractivity contribution in [3.05, 3.63) is 29.6 Å². The number of nitrogens with zero attached hydrogens (tertiary/aromatic N) is 1. The van der Waals surface area contributed by atoms with E-state index in [1.165, 1.54) is 19.2 Å². The van der Waals surface area contributed by atoms with E-state index in [1.54, 1.807) is 11.0 Å². The van der Waals surface area contributed by atoms with E-state index in [0.717, 1.165) is 12.8 Å². The summed E-state index contributed by atoms with van der Waals surface area (Å²) < 4.78 is 18.5. The molecular formula is C17H22FNO4. The number of methoxy groups -OCH3 is 1. The number of carbonyl (C=O) groups excluding carboxylic acids is 1. The molecule has 2 rings (SSSR count). The van der Waals surface area contributed by atoms with Crippen molar-refractivity contribution >= 4 is 11.9 Å². The monoisotopic (exact) mass is 323 g/mol. The summed E-state index contributed by atoms with van der Waals surface area (Å²) in [4.78, 5) is 24.8. The molecule has 0 aromatic heterocycles. The number of amides is 1. The summed E-state index contributed by atoms with van der Waals surface area (Å²) in [6.45, 7) is 1.27. The fourth-order valence-electron chi connectivity index (χ4n) is 2.96. The predicted octanol–water partition coefficient (Wildman–Crippen LogP) is 2.48. The van der Waals surface area contributed by atoms with Gasteiger partial charge in [-0.05, 0) is 42.9 Å². The van der Waals surface area contributed by atoms with E-state index >= 15 is 0 Å². The van der Waals surface area contributed by atoms with Gasteiger partial charge in [-0.3, -0.25) is 9.59 Å². The molecule has 1 aromatic carbocycles. The molecule has 1 N–H and O–H groups in total. The Kier molecular flexibility index (Phi) is 5.96. The molecule has 0 saturated carbocycles. The SMILES string of the molecule is COc1ccc(CC(=O)N2CCC[C@@H](CCC(=O)O)C2)cc1F. The zero-order valence-electron chi connectivity index (χ0n) is 13.3. The van der Waals surface area contributed by atoms with Gasteiger partial charge in [0.2, 0.25) is 5.91 Å². The number of carbonyl (C=O) groups is 2. The number of benzene rings is 1. The lowest BCUT2D eigenvalue weighted by Crippen LogP contribution is -2.40. The summed E-state index contributed by atoms with van der Waals surface area (Å²) in [5.74, 6) is -0.933. The van der Waals surface area contributed by atoms with Gasteiger partial charge in [0.15, 0.2) is 11.6 Å². The maximum Gasteiger partial charge on any atom is 0.303 e. The number of halogens is 1. The Hall–Kier alpha value is -2.11. The maximum absolute atomic E-state index is 13.7. The molecule has 1 atom stereocenters. The summed E-state index contributed by atoms with van der Waals surface area (Å²) in [7, 11) is 1.40. The van der Waals surface area contributed by atoms with E-state index in [4.69, 9.17) is 9.84 Å². The van der Waals surface area contributed by atoms with Crippen LogP contribution in [0.4, 0.5) is 4.39 Å². The first kappa shape index (κ1) is 17.2.